The van der Waals surface area contributed by atoms with Crippen LogP contribution in [0.15, 0.2) is 30.3 Å². The van der Waals surface area contributed by atoms with E-state index in [1.807, 2.05) is 0 Å². The molecular formula is C15H14N6O3. The molecule has 1 aromatic carbocycles. The van der Waals surface area contributed by atoms with Crippen LogP contribution in [-0.4, -0.2) is 25.6 Å². The van der Waals surface area contributed by atoms with E-state index < -0.39 is 10.8 Å². The fourth-order valence-electron chi connectivity index (χ4n) is 2.63. The number of carbonyl (C=O) groups is 1. The number of nitrogens with one attached hydrogen (secondary N) is 1. The molecule has 0 spiro atoms. The van der Waals surface area contributed by atoms with Crippen molar-refractivity contribution in [3.8, 4) is 11.3 Å². The molecule has 122 valence electrons. The predicted molar refractivity (Wildman–Crippen MR) is 87.0 cm³/mol. The van der Waals surface area contributed by atoms with Crippen molar-refractivity contribution < 1.29 is 9.72 Å². The summed E-state index contributed by atoms with van der Waals surface area (Å²) in [5.74, 6) is 4.79. The number of fused-ring (bicyclic) bond motifs is 1. The Morgan fingerprint density at radius 2 is 2.12 bits per heavy atom. The molecule has 0 atom stereocenters. The Morgan fingerprint density at radius 3 is 2.79 bits per heavy atom. The molecule has 0 unspecified atom stereocenters. The molecule has 0 aliphatic heterocycles. The van der Waals surface area contributed by atoms with E-state index in [0.29, 0.717) is 33.5 Å². The zero-order valence-corrected chi connectivity index (χ0v) is 13.0. The van der Waals surface area contributed by atoms with Crippen molar-refractivity contribution in [3.63, 3.8) is 0 Å². The SMILES string of the molecule is Cc1nn(C)c2nc(-c3cccc([N+](=O)[O-])c3)cc(C(=O)NN)c12. The second-order valence-electron chi connectivity index (χ2n) is 5.24. The molecule has 9 nitrogen and oxygen atoms in total. The number of pyridine rings is 1. The fraction of sp³-hybridized carbons (Fsp3) is 0.133. The van der Waals surface area contributed by atoms with Crippen molar-refractivity contribution in [1.29, 1.82) is 0 Å². The van der Waals surface area contributed by atoms with Gasteiger partial charge in [-0.1, -0.05) is 12.1 Å². The van der Waals surface area contributed by atoms with Crippen molar-refractivity contribution in [2.45, 2.75) is 6.92 Å². The Kier molecular flexibility index (Phi) is 3.70. The lowest BCUT2D eigenvalue weighted by Crippen LogP contribution is -2.30. The smallest absolute Gasteiger partial charge is 0.270 e. The van der Waals surface area contributed by atoms with E-state index in [-0.39, 0.29) is 5.69 Å². The Balaban J connectivity index is 2.30. The zero-order chi connectivity index (χ0) is 17.4. The standard InChI is InChI=1S/C15H14N6O3/c1-8-13-11(15(22)18-16)7-12(17-14(13)20(2)19-8)9-4-3-5-10(6-9)21(23)24/h3-7H,16H2,1-2H3,(H,18,22). The monoisotopic (exact) mass is 326 g/mol. The maximum atomic E-state index is 12.1. The summed E-state index contributed by atoms with van der Waals surface area (Å²) in [6.45, 7) is 1.77. The van der Waals surface area contributed by atoms with Crippen LogP contribution in [0.1, 0.15) is 16.1 Å². The fourth-order valence-corrected chi connectivity index (χ4v) is 2.63. The molecule has 0 fully saturated rings. The number of benzene rings is 1. The number of nitro groups is 1. The van der Waals surface area contributed by atoms with Gasteiger partial charge in [0.1, 0.15) is 0 Å². The summed E-state index contributed by atoms with van der Waals surface area (Å²) in [6, 6.07) is 7.61. The van der Waals surface area contributed by atoms with Crippen molar-refractivity contribution in [3.05, 3.63) is 51.7 Å². The highest BCUT2D eigenvalue weighted by molar-refractivity contribution is 6.07. The topological polar surface area (TPSA) is 129 Å². The number of nitro benzene ring substituents is 1. The number of hydrogen-bond acceptors (Lipinski definition) is 6. The Hall–Kier alpha value is -3.33. The first kappa shape index (κ1) is 15.6. The molecule has 9 heteroatoms. The Bertz CT molecular complexity index is 979. The number of nitrogen functional groups attached to an aromatic ring is 1. The number of aryl methyl sites for hydroxylation is 2. The first-order valence-corrected chi connectivity index (χ1v) is 7.02. The summed E-state index contributed by atoms with van der Waals surface area (Å²) in [5.41, 5.74) is 4.45. The first-order valence-electron chi connectivity index (χ1n) is 7.02. The van der Waals surface area contributed by atoms with E-state index in [1.165, 1.54) is 12.1 Å². The van der Waals surface area contributed by atoms with Gasteiger partial charge >= 0.3 is 0 Å². The maximum absolute atomic E-state index is 12.1. The van der Waals surface area contributed by atoms with Gasteiger partial charge < -0.3 is 0 Å². The molecule has 0 saturated heterocycles. The van der Waals surface area contributed by atoms with Crippen LogP contribution >= 0.6 is 0 Å². The lowest BCUT2D eigenvalue weighted by Gasteiger charge is -2.07. The molecule has 3 N–H and O–H groups in total. The van der Waals surface area contributed by atoms with Crippen molar-refractivity contribution >= 4 is 22.6 Å². The third-order valence-electron chi connectivity index (χ3n) is 3.70. The van der Waals surface area contributed by atoms with Crippen LogP contribution in [0.4, 0.5) is 5.69 Å². The molecule has 0 aliphatic rings. The summed E-state index contributed by atoms with van der Waals surface area (Å²) < 4.78 is 1.55. The van der Waals surface area contributed by atoms with E-state index in [0.717, 1.165) is 0 Å². The van der Waals surface area contributed by atoms with Gasteiger partial charge in [-0.05, 0) is 13.0 Å². The van der Waals surface area contributed by atoms with Crippen LogP contribution in [0.5, 0.6) is 0 Å². The number of nitrogens with two attached hydrogens (primary N) is 1. The van der Waals surface area contributed by atoms with Crippen LogP contribution < -0.4 is 11.3 Å². The summed E-state index contributed by atoms with van der Waals surface area (Å²) >= 11 is 0. The molecule has 2 aromatic heterocycles. The molecule has 0 saturated carbocycles. The minimum atomic E-state index is -0.482. The van der Waals surface area contributed by atoms with Crippen molar-refractivity contribution in [1.82, 2.24) is 20.2 Å². The van der Waals surface area contributed by atoms with Crippen LogP contribution in [-0.2, 0) is 7.05 Å². The number of carbonyl (C=O) groups excluding carboxylic acids is 1. The Morgan fingerprint density at radius 1 is 1.38 bits per heavy atom. The third kappa shape index (κ3) is 2.46. The second-order valence-corrected chi connectivity index (χ2v) is 5.24. The molecule has 0 bridgehead atoms. The highest BCUT2D eigenvalue weighted by Gasteiger charge is 2.19. The van der Waals surface area contributed by atoms with E-state index in [1.54, 1.807) is 36.9 Å². The highest BCUT2D eigenvalue weighted by Crippen LogP contribution is 2.28. The van der Waals surface area contributed by atoms with Crippen LogP contribution in [0.2, 0.25) is 0 Å². The molecule has 0 aliphatic carbocycles. The highest BCUT2D eigenvalue weighted by atomic mass is 16.6. The van der Waals surface area contributed by atoms with Crippen molar-refractivity contribution in [2.24, 2.45) is 12.9 Å². The minimum Gasteiger partial charge on any atom is -0.290 e. The number of hydrogen-bond donors (Lipinski definition) is 2. The zero-order valence-electron chi connectivity index (χ0n) is 13.0. The number of non-ortho nitro benzene ring substituents is 1. The van der Waals surface area contributed by atoms with Crippen molar-refractivity contribution in [2.75, 3.05) is 0 Å². The van der Waals surface area contributed by atoms with Gasteiger partial charge in [0.05, 0.1) is 27.3 Å². The maximum Gasteiger partial charge on any atom is 0.270 e. The number of rotatable bonds is 3. The number of amides is 1. The first-order chi connectivity index (χ1) is 11.4. The minimum absolute atomic E-state index is 0.0552. The van der Waals surface area contributed by atoms with Gasteiger partial charge in [-0.25, -0.2) is 10.8 Å². The predicted octanol–water partition coefficient (Wildman–Crippen LogP) is 1.46. The molecule has 3 rings (SSSR count). The van der Waals surface area contributed by atoms with E-state index >= 15 is 0 Å². The Labute approximate surface area is 136 Å². The quantitative estimate of drug-likeness (QED) is 0.324. The average Bonchev–Trinajstić information content (AvgIpc) is 2.88. The summed E-state index contributed by atoms with van der Waals surface area (Å²) in [6.07, 6.45) is 0. The summed E-state index contributed by atoms with van der Waals surface area (Å²) in [5, 5.41) is 15.8. The third-order valence-corrected chi connectivity index (χ3v) is 3.70. The molecule has 2 heterocycles. The second kappa shape index (κ2) is 5.70. The van der Waals surface area contributed by atoms with Crippen LogP contribution in [0, 0.1) is 17.0 Å². The lowest BCUT2D eigenvalue weighted by atomic mass is 10.0. The van der Waals surface area contributed by atoms with Gasteiger partial charge in [0.25, 0.3) is 11.6 Å². The summed E-state index contributed by atoms with van der Waals surface area (Å²) in [7, 11) is 1.71. The average molecular weight is 326 g/mol. The van der Waals surface area contributed by atoms with E-state index in [2.05, 4.69) is 15.5 Å². The van der Waals surface area contributed by atoms with Crippen LogP contribution in [0.3, 0.4) is 0 Å². The van der Waals surface area contributed by atoms with Gasteiger partial charge in [0.2, 0.25) is 0 Å². The number of nitrogens with zero attached hydrogens (tertiary/aromatic N) is 4. The number of hydrazine groups is 1. The normalized spacial score (nSPS) is 10.8. The van der Waals surface area contributed by atoms with Gasteiger partial charge in [0.15, 0.2) is 5.65 Å². The molecule has 24 heavy (non-hydrogen) atoms. The van der Waals surface area contributed by atoms with Gasteiger partial charge in [-0.3, -0.25) is 25.0 Å². The molecular weight excluding hydrogens is 312 g/mol. The molecule has 3 aromatic rings. The lowest BCUT2D eigenvalue weighted by molar-refractivity contribution is -0.384. The van der Waals surface area contributed by atoms with Crippen LogP contribution in [0.25, 0.3) is 22.3 Å². The van der Waals surface area contributed by atoms with E-state index in [9.17, 15) is 14.9 Å². The summed E-state index contributed by atoms with van der Waals surface area (Å²) in [4.78, 5) is 27.1. The van der Waals surface area contributed by atoms with Gasteiger partial charge in [-0.15, -0.1) is 0 Å². The molecule has 0 radical (unpaired) electrons. The van der Waals surface area contributed by atoms with E-state index in [4.69, 9.17) is 5.84 Å². The number of aromatic nitrogens is 3. The van der Waals surface area contributed by atoms with Gasteiger partial charge in [0, 0.05) is 24.7 Å². The van der Waals surface area contributed by atoms with Gasteiger partial charge in [-0.2, -0.15) is 5.10 Å². The largest absolute Gasteiger partial charge is 0.290 e. The molecule has 1 amide bonds.